The Kier molecular flexibility index (Phi) is 6.07. The average Bonchev–Trinajstić information content (AvgIpc) is 2.09. The van der Waals surface area contributed by atoms with Gasteiger partial charge in [-0.25, -0.2) is 4.39 Å². The maximum atomic E-state index is 12.9. The number of hydrogen-bond acceptors (Lipinski definition) is 2. The number of carbonyl (C=O) groups excluding carboxylic acids is 1. The molecule has 2 nitrogen and oxygen atoms in total. The third kappa shape index (κ3) is 3.95. The second-order valence-corrected chi connectivity index (χ2v) is 2.88. The predicted octanol–water partition coefficient (Wildman–Crippen LogP) is 2.31. The molecule has 0 unspecified atom stereocenters. The van der Waals surface area contributed by atoms with Gasteiger partial charge in [-0.05, 0) is 11.6 Å². The first-order valence-corrected chi connectivity index (χ1v) is 4.52. The Morgan fingerprint density at radius 1 is 1.62 bits per heavy atom. The first-order valence-electron chi connectivity index (χ1n) is 3.40. The molecular formula is C8H8Br2FNO. The second kappa shape index (κ2) is 6.21. The van der Waals surface area contributed by atoms with Crippen molar-refractivity contribution in [1.82, 2.24) is 4.98 Å². The summed E-state index contributed by atoms with van der Waals surface area (Å²) in [5.74, 6) is -0.466. The Labute approximate surface area is 94.5 Å². The molecule has 0 amide bonds. The van der Waals surface area contributed by atoms with E-state index in [0.29, 0.717) is 5.56 Å². The van der Waals surface area contributed by atoms with E-state index in [1.165, 1.54) is 12.3 Å². The van der Waals surface area contributed by atoms with Crippen molar-refractivity contribution >= 4 is 38.7 Å². The highest BCUT2D eigenvalue weighted by molar-refractivity contribution is 9.09. The van der Waals surface area contributed by atoms with Crippen LogP contribution in [0.15, 0.2) is 18.5 Å². The van der Waals surface area contributed by atoms with Gasteiger partial charge in [0.25, 0.3) is 0 Å². The lowest BCUT2D eigenvalue weighted by Gasteiger charge is -1.98. The molecule has 72 valence electrons. The lowest BCUT2D eigenvalue weighted by atomic mass is 10.1. The molecule has 0 aromatic carbocycles. The van der Waals surface area contributed by atoms with Crippen molar-refractivity contribution in [2.45, 2.75) is 6.42 Å². The molecule has 0 fully saturated rings. The molecule has 0 aliphatic heterocycles. The largest absolute Gasteiger partial charge is 0.298 e. The minimum Gasteiger partial charge on any atom is -0.298 e. The van der Waals surface area contributed by atoms with Crippen molar-refractivity contribution < 1.29 is 9.18 Å². The third-order valence-corrected chi connectivity index (χ3v) is 2.02. The molecule has 0 atom stereocenters. The van der Waals surface area contributed by atoms with Gasteiger partial charge >= 0.3 is 0 Å². The summed E-state index contributed by atoms with van der Waals surface area (Å²) in [7, 11) is 0. The minimum atomic E-state index is -0.424. The maximum Gasteiger partial charge on any atom is 0.147 e. The number of Topliss-reactive ketones (excluding diaryl/α,β-unsaturated/α-hetero) is 1. The number of rotatable bonds is 3. The molecule has 1 aromatic heterocycles. The topological polar surface area (TPSA) is 30.0 Å². The molecular weight excluding hydrogens is 305 g/mol. The molecule has 0 radical (unpaired) electrons. The van der Waals surface area contributed by atoms with Crippen LogP contribution in [0.5, 0.6) is 0 Å². The van der Waals surface area contributed by atoms with Crippen LogP contribution in [0.4, 0.5) is 4.39 Å². The number of pyridine rings is 1. The number of alkyl halides is 1. The van der Waals surface area contributed by atoms with E-state index in [1.807, 2.05) is 0 Å². The van der Waals surface area contributed by atoms with E-state index in [2.05, 4.69) is 20.9 Å². The first-order chi connectivity index (χ1) is 5.74. The monoisotopic (exact) mass is 311 g/mol. The fourth-order valence-corrected chi connectivity index (χ4v) is 1.01. The SMILES string of the molecule is Br.O=C(CBr)Cc1ccncc1F. The van der Waals surface area contributed by atoms with Crippen LogP contribution in [-0.2, 0) is 11.2 Å². The average molecular weight is 313 g/mol. The summed E-state index contributed by atoms with van der Waals surface area (Å²) in [5, 5.41) is 0.259. The Hall–Kier alpha value is -0.290. The highest BCUT2D eigenvalue weighted by atomic mass is 79.9. The van der Waals surface area contributed by atoms with Crippen molar-refractivity contribution in [3.63, 3.8) is 0 Å². The van der Waals surface area contributed by atoms with E-state index >= 15 is 0 Å². The summed E-state index contributed by atoms with van der Waals surface area (Å²) < 4.78 is 12.9. The van der Waals surface area contributed by atoms with Crippen molar-refractivity contribution in [1.29, 1.82) is 0 Å². The van der Waals surface area contributed by atoms with E-state index in [-0.39, 0.29) is 34.5 Å². The normalized spacial score (nSPS) is 9.08. The smallest absolute Gasteiger partial charge is 0.147 e. The van der Waals surface area contributed by atoms with E-state index in [9.17, 15) is 9.18 Å². The third-order valence-electron chi connectivity index (χ3n) is 1.39. The van der Waals surface area contributed by atoms with Crippen molar-refractivity contribution in [2.24, 2.45) is 0 Å². The Balaban J connectivity index is 0.00000144. The van der Waals surface area contributed by atoms with Gasteiger partial charge in [0.05, 0.1) is 11.5 Å². The zero-order chi connectivity index (χ0) is 8.97. The zero-order valence-corrected chi connectivity index (χ0v) is 9.96. The van der Waals surface area contributed by atoms with Gasteiger partial charge in [0.15, 0.2) is 0 Å². The van der Waals surface area contributed by atoms with E-state index in [1.54, 1.807) is 0 Å². The van der Waals surface area contributed by atoms with E-state index in [0.717, 1.165) is 6.20 Å². The van der Waals surface area contributed by atoms with Crippen molar-refractivity contribution in [2.75, 3.05) is 5.33 Å². The fraction of sp³-hybridized carbons (Fsp3) is 0.250. The number of nitrogens with zero attached hydrogens (tertiary/aromatic N) is 1. The molecule has 1 heterocycles. The molecule has 0 N–H and O–H groups in total. The molecule has 13 heavy (non-hydrogen) atoms. The van der Waals surface area contributed by atoms with Gasteiger partial charge in [0.2, 0.25) is 0 Å². The van der Waals surface area contributed by atoms with Crippen LogP contribution in [0, 0.1) is 5.82 Å². The molecule has 0 bridgehead atoms. The lowest BCUT2D eigenvalue weighted by Crippen LogP contribution is -2.05. The van der Waals surface area contributed by atoms with Crippen molar-refractivity contribution in [3.05, 3.63) is 29.8 Å². The summed E-state index contributed by atoms with van der Waals surface area (Å²) in [5.41, 5.74) is 0.398. The summed E-state index contributed by atoms with van der Waals surface area (Å²) in [4.78, 5) is 14.5. The molecule has 0 saturated carbocycles. The number of ketones is 1. The van der Waals surface area contributed by atoms with Gasteiger partial charge in [0, 0.05) is 12.6 Å². The predicted molar refractivity (Wildman–Crippen MR) is 57.0 cm³/mol. The summed E-state index contributed by atoms with van der Waals surface area (Å²) in [6.07, 6.45) is 2.70. The van der Waals surface area contributed by atoms with Gasteiger partial charge in [-0.3, -0.25) is 9.78 Å². The first kappa shape index (κ1) is 12.7. The summed E-state index contributed by atoms with van der Waals surface area (Å²) in [6.45, 7) is 0. The molecule has 1 aromatic rings. The number of carbonyl (C=O) groups is 1. The molecule has 0 aliphatic rings. The Bertz CT molecular complexity index is 293. The fourth-order valence-electron chi connectivity index (χ4n) is 0.807. The van der Waals surface area contributed by atoms with Gasteiger partial charge in [-0.2, -0.15) is 0 Å². The molecule has 0 spiro atoms. The van der Waals surface area contributed by atoms with Crippen LogP contribution in [0.1, 0.15) is 5.56 Å². The van der Waals surface area contributed by atoms with Gasteiger partial charge in [-0.1, -0.05) is 15.9 Å². The second-order valence-electron chi connectivity index (χ2n) is 2.32. The highest BCUT2D eigenvalue weighted by Gasteiger charge is 2.05. The summed E-state index contributed by atoms with van der Waals surface area (Å²) >= 11 is 3.01. The van der Waals surface area contributed by atoms with Crippen LogP contribution in [0.2, 0.25) is 0 Å². The zero-order valence-electron chi connectivity index (χ0n) is 6.67. The van der Waals surface area contributed by atoms with Gasteiger partial charge in [0.1, 0.15) is 11.6 Å². The Morgan fingerprint density at radius 2 is 2.31 bits per heavy atom. The van der Waals surface area contributed by atoms with Gasteiger partial charge in [-0.15, -0.1) is 17.0 Å². The number of hydrogen-bond donors (Lipinski definition) is 0. The van der Waals surface area contributed by atoms with Crippen LogP contribution >= 0.6 is 32.9 Å². The minimum absolute atomic E-state index is 0. The summed E-state index contributed by atoms with van der Waals surface area (Å²) in [6, 6.07) is 1.51. The number of aromatic nitrogens is 1. The quantitative estimate of drug-likeness (QED) is 0.802. The van der Waals surface area contributed by atoms with Crippen LogP contribution in [0.25, 0.3) is 0 Å². The maximum absolute atomic E-state index is 12.9. The Morgan fingerprint density at radius 3 is 2.85 bits per heavy atom. The molecule has 5 heteroatoms. The molecule has 0 aliphatic carbocycles. The molecule has 0 saturated heterocycles. The van der Waals surface area contributed by atoms with Crippen LogP contribution in [0.3, 0.4) is 0 Å². The van der Waals surface area contributed by atoms with E-state index < -0.39 is 5.82 Å². The van der Waals surface area contributed by atoms with Crippen molar-refractivity contribution in [3.8, 4) is 0 Å². The van der Waals surface area contributed by atoms with Crippen LogP contribution in [-0.4, -0.2) is 16.1 Å². The van der Waals surface area contributed by atoms with Gasteiger partial charge < -0.3 is 0 Å². The standard InChI is InChI=1S/C8H7BrFNO.BrH/c9-4-7(12)3-6-1-2-11-5-8(6)10;/h1-2,5H,3-4H2;1H. The number of halogens is 3. The molecule has 1 rings (SSSR count). The van der Waals surface area contributed by atoms with E-state index in [4.69, 9.17) is 0 Å². The highest BCUT2D eigenvalue weighted by Crippen LogP contribution is 2.06. The lowest BCUT2D eigenvalue weighted by molar-refractivity contribution is -0.115. The van der Waals surface area contributed by atoms with Crippen LogP contribution < -0.4 is 0 Å².